The molecule has 202 valence electrons. The molecular weight excluding hydrogens is 472 g/mol. The van der Waals surface area contributed by atoms with Crippen LogP contribution in [-0.2, 0) is 12.8 Å². The van der Waals surface area contributed by atoms with E-state index in [1.165, 1.54) is 11.1 Å². The number of aliphatic imine (C=N–C) groups is 2. The van der Waals surface area contributed by atoms with Crippen LogP contribution < -0.4 is 4.74 Å². The van der Waals surface area contributed by atoms with Crippen molar-refractivity contribution < 1.29 is 14.9 Å². The predicted octanol–water partition coefficient (Wildman–Crippen LogP) is 8.40. The Bertz CT molecular complexity index is 1310. The van der Waals surface area contributed by atoms with E-state index in [1.807, 2.05) is 56.3 Å². The summed E-state index contributed by atoms with van der Waals surface area (Å²) in [4.78, 5) is 9.39. The number of benzene rings is 3. The van der Waals surface area contributed by atoms with Crippen LogP contribution in [0.3, 0.4) is 0 Å². The molecule has 0 aromatic heterocycles. The molecule has 2 N–H and O–H groups in total. The molecule has 0 spiro atoms. The topological polar surface area (TPSA) is 74.4 Å². The minimum atomic E-state index is 0.230. The van der Waals surface area contributed by atoms with E-state index < -0.39 is 0 Å². The van der Waals surface area contributed by atoms with Crippen molar-refractivity contribution in [2.24, 2.45) is 21.8 Å². The number of hydrogen-bond donors (Lipinski definition) is 2. The van der Waals surface area contributed by atoms with Gasteiger partial charge in [0.1, 0.15) is 17.2 Å². The normalized spacial score (nSPS) is 11.9. The lowest BCUT2D eigenvalue weighted by Crippen LogP contribution is -1.96. The highest BCUT2D eigenvalue weighted by atomic mass is 16.5. The summed E-state index contributed by atoms with van der Waals surface area (Å²) in [5.74, 6) is 2.35. The first-order chi connectivity index (χ1) is 18.1. The molecule has 0 saturated carbocycles. The van der Waals surface area contributed by atoms with Gasteiger partial charge in [-0.15, -0.1) is 0 Å². The summed E-state index contributed by atoms with van der Waals surface area (Å²) >= 11 is 0. The zero-order valence-electron chi connectivity index (χ0n) is 23.9. The van der Waals surface area contributed by atoms with Crippen LogP contribution in [0.15, 0.2) is 52.4 Å². The highest BCUT2D eigenvalue weighted by Gasteiger charge is 2.10. The fraction of sp³-hybridized carbons (Fsp3) is 0.394. The lowest BCUT2D eigenvalue weighted by molar-refractivity contribution is 0.415. The van der Waals surface area contributed by atoms with Gasteiger partial charge in [0.25, 0.3) is 0 Å². The van der Waals surface area contributed by atoms with Crippen molar-refractivity contribution in [3.8, 4) is 17.2 Å². The van der Waals surface area contributed by atoms with Crippen molar-refractivity contribution in [2.75, 3.05) is 7.11 Å². The molecule has 0 saturated heterocycles. The van der Waals surface area contributed by atoms with E-state index in [0.717, 1.165) is 36.8 Å². The average Bonchev–Trinajstić information content (AvgIpc) is 2.88. The Labute approximate surface area is 228 Å². The number of aromatic hydroxyl groups is 2. The van der Waals surface area contributed by atoms with Gasteiger partial charge in [0.15, 0.2) is 0 Å². The third kappa shape index (κ3) is 7.95. The maximum Gasteiger partial charge on any atom is 0.127 e. The number of phenols is 2. The minimum absolute atomic E-state index is 0.230. The summed E-state index contributed by atoms with van der Waals surface area (Å²) < 4.78 is 5.42. The molecule has 0 bridgehead atoms. The van der Waals surface area contributed by atoms with E-state index in [9.17, 15) is 10.2 Å². The molecule has 0 aliphatic rings. The zero-order valence-corrected chi connectivity index (χ0v) is 23.9. The third-order valence-electron chi connectivity index (χ3n) is 6.67. The molecule has 0 aliphatic heterocycles. The lowest BCUT2D eigenvalue weighted by Gasteiger charge is -2.10. The molecule has 0 atom stereocenters. The van der Waals surface area contributed by atoms with Crippen molar-refractivity contribution in [3.05, 3.63) is 75.8 Å². The Morgan fingerprint density at radius 1 is 0.711 bits per heavy atom. The number of ether oxygens (including phenoxy) is 1. The van der Waals surface area contributed by atoms with Crippen molar-refractivity contribution in [1.29, 1.82) is 0 Å². The number of rotatable bonds is 11. The van der Waals surface area contributed by atoms with Gasteiger partial charge in [0.05, 0.1) is 18.5 Å². The summed E-state index contributed by atoms with van der Waals surface area (Å²) in [7, 11) is 1.61. The van der Waals surface area contributed by atoms with Gasteiger partial charge in [-0.25, -0.2) is 0 Å². The average molecular weight is 515 g/mol. The summed E-state index contributed by atoms with van der Waals surface area (Å²) in [5.41, 5.74) is 6.64. The van der Waals surface area contributed by atoms with E-state index in [-0.39, 0.29) is 11.5 Å². The highest BCUT2D eigenvalue weighted by molar-refractivity contribution is 5.90. The van der Waals surface area contributed by atoms with Gasteiger partial charge in [0, 0.05) is 29.6 Å². The standard InChI is InChI=1S/C33H42N2O3/c1-21(2)8-10-25-14-23(5)32(36)27(16-25)19-34-30-13-12-29(38-7)18-31(30)35-20-28-17-26(11-9-22(3)4)15-24(6)33(28)37/h12-22,36-37H,8-11H2,1-7H3. The van der Waals surface area contributed by atoms with Gasteiger partial charge in [-0.1, -0.05) is 39.8 Å². The smallest absolute Gasteiger partial charge is 0.127 e. The lowest BCUT2D eigenvalue weighted by atomic mass is 9.98. The van der Waals surface area contributed by atoms with Gasteiger partial charge in [-0.2, -0.15) is 0 Å². The van der Waals surface area contributed by atoms with Crippen LogP contribution >= 0.6 is 0 Å². The maximum atomic E-state index is 10.7. The van der Waals surface area contributed by atoms with Crippen molar-refractivity contribution >= 4 is 23.8 Å². The van der Waals surface area contributed by atoms with E-state index in [0.29, 0.717) is 40.1 Å². The Balaban J connectivity index is 1.95. The molecule has 0 fully saturated rings. The first kappa shape index (κ1) is 29.0. The molecule has 5 heteroatoms. The van der Waals surface area contributed by atoms with Crippen LogP contribution in [0.25, 0.3) is 0 Å². The van der Waals surface area contributed by atoms with Gasteiger partial charge < -0.3 is 14.9 Å². The van der Waals surface area contributed by atoms with Crippen molar-refractivity contribution in [3.63, 3.8) is 0 Å². The van der Waals surface area contributed by atoms with E-state index >= 15 is 0 Å². The monoisotopic (exact) mass is 514 g/mol. The second kappa shape index (κ2) is 13.3. The quantitative estimate of drug-likeness (QED) is 0.252. The number of phenolic OH excluding ortho intramolecular Hbond substituents is 2. The summed E-state index contributed by atoms with van der Waals surface area (Å²) in [6.07, 6.45) is 7.45. The van der Waals surface area contributed by atoms with E-state index in [2.05, 4.69) is 27.7 Å². The van der Waals surface area contributed by atoms with Crippen molar-refractivity contribution in [2.45, 2.75) is 67.2 Å². The molecule has 0 heterocycles. The van der Waals surface area contributed by atoms with Gasteiger partial charge in [-0.3, -0.25) is 9.98 Å². The SMILES string of the molecule is COc1ccc(N=Cc2cc(CCC(C)C)cc(C)c2O)c(N=Cc2cc(CCC(C)C)cc(C)c2O)c1. The van der Waals surface area contributed by atoms with Crippen LogP contribution in [0.1, 0.15) is 73.9 Å². The molecular formula is C33H42N2O3. The number of aryl methyl sites for hydroxylation is 4. The molecule has 38 heavy (non-hydrogen) atoms. The highest BCUT2D eigenvalue weighted by Crippen LogP contribution is 2.34. The van der Waals surface area contributed by atoms with Crippen LogP contribution in [-0.4, -0.2) is 29.8 Å². The second-order valence-corrected chi connectivity index (χ2v) is 10.9. The van der Waals surface area contributed by atoms with Gasteiger partial charge in [-0.05, 0) is 97.9 Å². The minimum Gasteiger partial charge on any atom is -0.507 e. The summed E-state index contributed by atoms with van der Waals surface area (Å²) in [6, 6.07) is 13.6. The van der Waals surface area contributed by atoms with Crippen LogP contribution in [0.5, 0.6) is 17.2 Å². The Morgan fingerprint density at radius 3 is 1.63 bits per heavy atom. The number of nitrogens with zero attached hydrogens (tertiary/aromatic N) is 2. The van der Waals surface area contributed by atoms with Gasteiger partial charge in [0.2, 0.25) is 0 Å². The molecule has 3 rings (SSSR count). The summed E-state index contributed by atoms with van der Waals surface area (Å²) in [5, 5.41) is 21.4. The molecule has 5 nitrogen and oxygen atoms in total. The van der Waals surface area contributed by atoms with E-state index in [4.69, 9.17) is 14.7 Å². The first-order valence-electron chi connectivity index (χ1n) is 13.5. The fourth-order valence-corrected chi connectivity index (χ4v) is 4.28. The summed E-state index contributed by atoms with van der Waals surface area (Å²) in [6.45, 7) is 12.7. The van der Waals surface area contributed by atoms with Gasteiger partial charge >= 0.3 is 0 Å². The Morgan fingerprint density at radius 2 is 1.18 bits per heavy atom. The molecule has 0 radical (unpaired) electrons. The van der Waals surface area contributed by atoms with Crippen LogP contribution in [0.2, 0.25) is 0 Å². The second-order valence-electron chi connectivity index (χ2n) is 10.9. The zero-order chi connectivity index (χ0) is 27.8. The first-order valence-corrected chi connectivity index (χ1v) is 13.5. The molecule has 3 aromatic carbocycles. The number of methoxy groups -OCH3 is 1. The van der Waals surface area contributed by atoms with Crippen LogP contribution in [0, 0.1) is 25.7 Å². The molecule has 0 aliphatic carbocycles. The third-order valence-corrected chi connectivity index (χ3v) is 6.67. The van der Waals surface area contributed by atoms with E-state index in [1.54, 1.807) is 19.5 Å². The van der Waals surface area contributed by atoms with Crippen LogP contribution in [0.4, 0.5) is 11.4 Å². The Hall–Kier alpha value is -3.60. The molecule has 0 amide bonds. The largest absolute Gasteiger partial charge is 0.507 e. The molecule has 0 unspecified atom stereocenters. The van der Waals surface area contributed by atoms with Crippen molar-refractivity contribution in [1.82, 2.24) is 0 Å². The number of hydrogen-bond acceptors (Lipinski definition) is 5. The Kier molecular flexibility index (Phi) is 10.1. The maximum absolute atomic E-state index is 10.7. The molecule has 3 aromatic rings. The predicted molar refractivity (Wildman–Crippen MR) is 160 cm³/mol. The fourth-order valence-electron chi connectivity index (χ4n) is 4.28.